The van der Waals surface area contributed by atoms with Gasteiger partial charge in [-0.3, -0.25) is 4.79 Å². The molecular formula is C15H20BrNO2. The minimum Gasteiger partial charge on any atom is -0.377 e. The predicted octanol–water partition coefficient (Wildman–Crippen LogP) is 2.47. The van der Waals surface area contributed by atoms with Crippen LogP contribution in [0.4, 0.5) is 0 Å². The summed E-state index contributed by atoms with van der Waals surface area (Å²) in [5.74, 6) is 0.196. The van der Waals surface area contributed by atoms with Gasteiger partial charge in [-0.25, -0.2) is 0 Å². The molecule has 0 spiro atoms. The summed E-state index contributed by atoms with van der Waals surface area (Å²) in [7, 11) is 0. The van der Waals surface area contributed by atoms with Crippen LogP contribution in [0.3, 0.4) is 0 Å². The molecule has 0 N–H and O–H groups in total. The van der Waals surface area contributed by atoms with Gasteiger partial charge in [0.1, 0.15) is 0 Å². The third-order valence-corrected chi connectivity index (χ3v) is 4.32. The normalized spacial score (nSPS) is 19.5. The Labute approximate surface area is 123 Å². The van der Waals surface area contributed by atoms with Crippen molar-refractivity contribution in [2.45, 2.75) is 26.3 Å². The first kappa shape index (κ1) is 14.5. The molecule has 1 fully saturated rings. The van der Waals surface area contributed by atoms with Gasteiger partial charge >= 0.3 is 0 Å². The van der Waals surface area contributed by atoms with E-state index in [0.717, 1.165) is 10.9 Å². The molecule has 2 rings (SSSR count). The van der Waals surface area contributed by atoms with E-state index in [4.69, 9.17) is 4.74 Å². The van der Waals surface area contributed by atoms with Gasteiger partial charge in [0.05, 0.1) is 25.7 Å². The number of aryl methyl sites for hydroxylation is 2. The SMILES string of the molecule is Cc1ccc(C)c(CC(=O)N2CCOCC2CBr)c1. The Bertz CT molecular complexity index is 461. The molecule has 1 aliphatic rings. The monoisotopic (exact) mass is 325 g/mol. The molecule has 3 nitrogen and oxygen atoms in total. The first-order valence-corrected chi connectivity index (χ1v) is 7.73. The molecule has 1 aromatic carbocycles. The first-order valence-electron chi connectivity index (χ1n) is 6.61. The van der Waals surface area contributed by atoms with Crippen molar-refractivity contribution >= 4 is 21.8 Å². The van der Waals surface area contributed by atoms with Crippen molar-refractivity contribution < 1.29 is 9.53 Å². The van der Waals surface area contributed by atoms with Crippen LogP contribution in [-0.4, -0.2) is 41.9 Å². The summed E-state index contributed by atoms with van der Waals surface area (Å²) >= 11 is 3.46. The number of benzene rings is 1. The molecule has 0 aliphatic carbocycles. The molecule has 104 valence electrons. The maximum Gasteiger partial charge on any atom is 0.227 e. The van der Waals surface area contributed by atoms with Gasteiger partial charge < -0.3 is 9.64 Å². The van der Waals surface area contributed by atoms with Crippen LogP contribution in [0.15, 0.2) is 18.2 Å². The smallest absolute Gasteiger partial charge is 0.227 e. The number of carbonyl (C=O) groups is 1. The van der Waals surface area contributed by atoms with Gasteiger partial charge in [-0.15, -0.1) is 0 Å². The number of carbonyl (C=O) groups excluding carboxylic acids is 1. The largest absolute Gasteiger partial charge is 0.377 e. The van der Waals surface area contributed by atoms with E-state index in [2.05, 4.69) is 48.0 Å². The second-order valence-electron chi connectivity index (χ2n) is 5.08. The molecular weight excluding hydrogens is 306 g/mol. The highest BCUT2D eigenvalue weighted by molar-refractivity contribution is 9.09. The summed E-state index contributed by atoms with van der Waals surface area (Å²) in [6, 6.07) is 6.43. The Morgan fingerprint density at radius 3 is 3.00 bits per heavy atom. The fourth-order valence-corrected chi connectivity index (χ4v) is 2.90. The van der Waals surface area contributed by atoms with E-state index in [-0.39, 0.29) is 11.9 Å². The van der Waals surface area contributed by atoms with Gasteiger partial charge in [-0.2, -0.15) is 0 Å². The van der Waals surface area contributed by atoms with Gasteiger partial charge in [0.15, 0.2) is 0 Å². The van der Waals surface area contributed by atoms with Crippen LogP contribution < -0.4 is 0 Å². The first-order chi connectivity index (χ1) is 9.11. The van der Waals surface area contributed by atoms with E-state index >= 15 is 0 Å². The lowest BCUT2D eigenvalue weighted by Crippen LogP contribution is -2.50. The van der Waals surface area contributed by atoms with E-state index < -0.39 is 0 Å². The van der Waals surface area contributed by atoms with Gasteiger partial charge in [-0.1, -0.05) is 39.7 Å². The summed E-state index contributed by atoms with van der Waals surface area (Å²) < 4.78 is 5.42. The molecule has 1 heterocycles. The molecule has 1 atom stereocenters. The predicted molar refractivity (Wildman–Crippen MR) is 79.7 cm³/mol. The van der Waals surface area contributed by atoms with Gasteiger partial charge in [0, 0.05) is 11.9 Å². The maximum absolute atomic E-state index is 12.4. The van der Waals surface area contributed by atoms with E-state index in [9.17, 15) is 4.79 Å². The molecule has 4 heteroatoms. The van der Waals surface area contributed by atoms with E-state index in [1.54, 1.807) is 0 Å². The van der Waals surface area contributed by atoms with Crippen LogP contribution in [0.25, 0.3) is 0 Å². The quantitative estimate of drug-likeness (QED) is 0.799. The molecule has 19 heavy (non-hydrogen) atoms. The molecule has 0 radical (unpaired) electrons. The number of ether oxygens (including phenoxy) is 1. The molecule has 0 saturated carbocycles. The fourth-order valence-electron chi connectivity index (χ4n) is 2.37. The molecule has 0 aromatic heterocycles. The Morgan fingerprint density at radius 2 is 2.26 bits per heavy atom. The minimum atomic E-state index is 0.159. The van der Waals surface area contributed by atoms with Gasteiger partial charge in [0.2, 0.25) is 5.91 Å². The zero-order valence-corrected chi connectivity index (χ0v) is 13.1. The standard InChI is InChI=1S/C15H20BrNO2/c1-11-3-4-12(2)13(7-11)8-15(18)17-5-6-19-10-14(17)9-16/h3-4,7,14H,5-6,8-10H2,1-2H3. The third-order valence-electron chi connectivity index (χ3n) is 3.57. The van der Waals surface area contributed by atoms with Crippen molar-refractivity contribution in [1.29, 1.82) is 0 Å². The van der Waals surface area contributed by atoms with Crippen molar-refractivity contribution in [2.75, 3.05) is 25.1 Å². The Morgan fingerprint density at radius 1 is 1.47 bits per heavy atom. The third kappa shape index (κ3) is 3.57. The molecule has 1 unspecified atom stereocenters. The number of rotatable bonds is 3. The number of alkyl halides is 1. The van der Waals surface area contributed by atoms with E-state index in [1.807, 2.05) is 4.90 Å². The van der Waals surface area contributed by atoms with Crippen molar-refractivity contribution in [3.8, 4) is 0 Å². The zero-order valence-electron chi connectivity index (χ0n) is 11.5. The Balaban J connectivity index is 2.09. The number of hydrogen-bond donors (Lipinski definition) is 0. The van der Waals surface area contributed by atoms with Crippen LogP contribution in [0.5, 0.6) is 0 Å². The number of morpholine rings is 1. The Kier molecular flexibility index (Phi) is 4.99. The molecule has 0 bridgehead atoms. The van der Waals surface area contributed by atoms with Crippen LogP contribution in [0.1, 0.15) is 16.7 Å². The van der Waals surface area contributed by atoms with Crippen LogP contribution in [-0.2, 0) is 16.0 Å². The minimum absolute atomic E-state index is 0.159. The van der Waals surface area contributed by atoms with Gasteiger partial charge in [0.25, 0.3) is 0 Å². The fraction of sp³-hybridized carbons (Fsp3) is 0.533. The average molecular weight is 326 g/mol. The van der Waals surface area contributed by atoms with Crippen LogP contribution in [0, 0.1) is 13.8 Å². The Hall–Kier alpha value is -0.870. The number of nitrogens with zero attached hydrogens (tertiary/aromatic N) is 1. The van der Waals surface area contributed by atoms with Crippen molar-refractivity contribution in [2.24, 2.45) is 0 Å². The van der Waals surface area contributed by atoms with Crippen molar-refractivity contribution in [3.63, 3.8) is 0 Å². The maximum atomic E-state index is 12.4. The lowest BCUT2D eigenvalue weighted by atomic mass is 10.0. The van der Waals surface area contributed by atoms with Crippen LogP contribution in [0.2, 0.25) is 0 Å². The van der Waals surface area contributed by atoms with Crippen molar-refractivity contribution in [3.05, 3.63) is 34.9 Å². The zero-order chi connectivity index (χ0) is 13.8. The van der Waals surface area contributed by atoms with Gasteiger partial charge in [-0.05, 0) is 25.0 Å². The lowest BCUT2D eigenvalue weighted by Gasteiger charge is -2.34. The van der Waals surface area contributed by atoms with E-state index in [1.165, 1.54) is 11.1 Å². The second-order valence-corrected chi connectivity index (χ2v) is 5.72. The molecule has 1 aliphatic heterocycles. The second kappa shape index (κ2) is 6.53. The number of amides is 1. The van der Waals surface area contributed by atoms with E-state index in [0.29, 0.717) is 26.2 Å². The van der Waals surface area contributed by atoms with Crippen molar-refractivity contribution in [1.82, 2.24) is 4.90 Å². The summed E-state index contributed by atoms with van der Waals surface area (Å²) in [6.07, 6.45) is 0.483. The summed E-state index contributed by atoms with van der Waals surface area (Å²) in [5.41, 5.74) is 3.51. The topological polar surface area (TPSA) is 29.5 Å². The molecule has 1 amide bonds. The summed E-state index contributed by atoms with van der Waals surface area (Å²) in [4.78, 5) is 14.4. The molecule has 1 aromatic rings. The highest BCUT2D eigenvalue weighted by atomic mass is 79.9. The molecule has 1 saturated heterocycles. The number of hydrogen-bond acceptors (Lipinski definition) is 2. The summed E-state index contributed by atoms with van der Waals surface area (Å²) in [5, 5.41) is 0.769. The van der Waals surface area contributed by atoms with Crippen LogP contribution >= 0.6 is 15.9 Å². The highest BCUT2D eigenvalue weighted by Crippen LogP contribution is 2.16. The highest BCUT2D eigenvalue weighted by Gasteiger charge is 2.26. The lowest BCUT2D eigenvalue weighted by molar-refractivity contribution is -0.138. The summed E-state index contributed by atoms with van der Waals surface area (Å²) in [6.45, 7) is 6.08. The average Bonchev–Trinajstić information content (AvgIpc) is 2.42. The number of halogens is 1.